The van der Waals surface area contributed by atoms with E-state index >= 15 is 0 Å². The molecule has 0 radical (unpaired) electrons. The maximum absolute atomic E-state index is 11.7. The van der Waals surface area contributed by atoms with Gasteiger partial charge in [0, 0.05) is 0 Å². The van der Waals surface area contributed by atoms with Crippen LogP contribution in [0.3, 0.4) is 0 Å². The summed E-state index contributed by atoms with van der Waals surface area (Å²) < 4.78 is 22.9. The van der Waals surface area contributed by atoms with Gasteiger partial charge in [0.05, 0.1) is 34.4 Å². The number of rotatable bonds is 15. The summed E-state index contributed by atoms with van der Waals surface area (Å²) in [5.41, 5.74) is 0. The summed E-state index contributed by atoms with van der Waals surface area (Å²) in [4.78, 5) is 9.65. The van der Waals surface area contributed by atoms with E-state index in [4.69, 9.17) is 9.26 Å². The van der Waals surface area contributed by atoms with E-state index in [0.29, 0.717) is 13.2 Å². The van der Waals surface area contributed by atoms with Gasteiger partial charge in [0.2, 0.25) is 0 Å². The largest absolute Gasteiger partial charge is 0.363 e. The SMILES string of the molecule is CCCCCCCCCCOP(=O)(O)COCC[N+](C)(C)C. The number of quaternary nitrogens is 1. The Morgan fingerprint density at radius 3 is 2.00 bits per heavy atom. The number of hydrogen-bond acceptors (Lipinski definition) is 3. The van der Waals surface area contributed by atoms with Crippen molar-refractivity contribution in [1.29, 1.82) is 0 Å². The Morgan fingerprint density at radius 2 is 1.45 bits per heavy atom. The summed E-state index contributed by atoms with van der Waals surface area (Å²) in [6.07, 6.45) is 9.36. The minimum Gasteiger partial charge on any atom is -0.363 e. The Morgan fingerprint density at radius 1 is 0.909 bits per heavy atom. The van der Waals surface area contributed by atoms with E-state index in [1.807, 2.05) is 0 Å². The summed E-state index contributed by atoms with van der Waals surface area (Å²) in [6, 6.07) is 0. The third-order valence-electron chi connectivity index (χ3n) is 3.45. The Balaban J connectivity index is 3.46. The highest BCUT2D eigenvalue weighted by molar-refractivity contribution is 7.52. The van der Waals surface area contributed by atoms with E-state index in [1.54, 1.807) is 0 Å². The standard InChI is InChI=1S/C16H36NO4P/c1-5-6-7-8-9-10-11-12-14-21-22(18,19)16-20-15-13-17(2,3)4/h5-16H2,1-4H3/p+1. The highest BCUT2D eigenvalue weighted by atomic mass is 31.2. The third-order valence-corrected chi connectivity index (χ3v) is 4.55. The molecule has 0 saturated carbocycles. The zero-order valence-electron chi connectivity index (χ0n) is 15.1. The minimum atomic E-state index is -3.57. The summed E-state index contributed by atoms with van der Waals surface area (Å²) >= 11 is 0. The van der Waals surface area contributed by atoms with Crippen LogP contribution in [0.1, 0.15) is 58.3 Å². The van der Waals surface area contributed by atoms with Gasteiger partial charge in [-0.05, 0) is 6.42 Å². The summed E-state index contributed by atoms with van der Waals surface area (Å²) in [5, 5.41) is 0. The van der Waals surface area contributed by atoms with Gasteiger partial charge in [0.1, 0.15) is 12.9 Å². The zero-order valence-corrected chi connectivity index (χ0v) is 15.9. The van der Waals surface area contributed by atoms with E-state index in [0.717, 1.165) is 23.9 Å². The molecule has 0 aliphatic carbocycles. The van der Waals surface area contributed by atoms with Crippen molar-refractivity contribution in [3.05, 3.63) is 0 Å². The second-order valence-electron chi connectivity index (χ2n) is 7.00. The van der Waals surface area contributed by atoms with Crippen LogP contribution in [0.2, 0.25) is 0 Å². The van der Waals surface area contributed by atoms with Gasteiger partial charge in [-0.25, -0.2) is 0 Å². The summed E-state index contributed by atoms with van der Waals surface area (Å²) in [6.45, 7) is 3.84. The lowest BCUT2D eigenvalue weighted by atomic mass is 10.1. The quantitative estimate of drug-likeness (QED) is 0.278. The molecule has 0 rings (SSSR count). The second-order valence-corrected chi connectivity index (χ2v) is 8.79. The fourth-order valence-corrected chi connectivity index (χ4v) is 2.85. The molecule has 22 heavy (non-hydrogen) atoms. The average Bonchev–Trinajstić information content (AvgIpc) is 2.41. The van der Waals surface area contributed by atoms with Crippen LogP contribution in [-0.4, -0.2) is 56.6 Å². The van der Waals surface area contributed by atoms with Crippen LogP contribution in [0, 0.1) is 0 Å². The van der Waals surface area contributed by atoms with Crippen LogP contribution in [-0.2, 0) is 13.8 Å². The molecule has 5 nitrogen and oxygen atoms in total. The first-order chi connectivity index (χ1) is 10.3. The van der Waals surface area contributed by atoms with E-state index in [1.165, 1.54) is 38.5 Å². The van der Waals surface area contributed by atoms with E-state index in [9.17, 15) is 9.46 Å². The lowest BCUT2D eigenvalue weighted by Gasteiger charge is -2.23. The van der Waals surface area contributed by atoms with Gasteiger partial charge >= 0.3 is 7.60 Å². The highest BCUT2D eigenvalue weighted by Gasteiger charge is 2.19. The molecule has 0 aromatic rings. The Hall–Kier alpha value is 0.0700. The van der Waals surface area contributed by atoms with Crippen molar-refractivity contribution < 1.29 is 23.2 Å². The van der Waals surface area contributed by atoms with E-state index in [-0.39, 0.29) is 6.35 Å². The van der Waals surface area contributed by atoms with Crippen LogP contribution in [0.25, 0.3) is 0 Å². The van der Waals surface area contributed by atoms with Gasteiger partial charge in [-0.2, -0.15) is 0 Å². The fourth-order valence-electron chi connectivity index (χ4n) is 2.00. The topological polar surface area (TPSA) is 55.8 Å². The smallest absolute Gasteiger partial charge is 0.353 e. The zero-order chi connectivity index (χ0) is 16.9. The van der Waals surface area contributed by atoms with Crippen molar-refractivity contribution in [3.63, 3.8) is 0 Å². The third kappa shape index (κ3) is 16.4. The number of nitrogens with zero attached hydrogens (tertiary/aromatic N) is 1. The van der Waals surface area contributed by atoms with E-state index in [2.05, 4.69) is 28.1 Å². The van der Waals surface area contributed by atoms with Gasteiger partial charge in [-0.3, -0.25) is 4.57 Å². The Kier molecular flexibility index (Phi) is 12.5. The molecule has 0 bridgehead atoms. The molecule has 134 valence electrons. The molecule has 0 spiro atoms. The molecule has 0 aliphatic rings. The molecular weight excluding hydrogens is 301 g/mol. The molecule has 0 saturated heterocycles. The maximum Gasteiger partial charge on any atom is 0.353 e. The van der Waals surface area contributed by atoms with Crippen LogP contribution < -0.4 is 0 Å². The van der Waals surface area contributed by atoms with Crippen molar-refractivity contribution in [2.75, 3.05) is 47.2 Å². The normalized spacial score (nSPS) is 15.0. The maximum atomic E-state index is 11.7. The van der Waals surface area contributed by atoms with Gasteiger partial charge in [-0.15, -0.1) is 0 Å². The van der Waals surface area contributed by atoms with Crippen molar-refractivity contribution >= 4 is 7.60 Å². The van der Waals surface area contributed by atoms with Crippen LogP contribution >= 0.6 is 7.60 Å². The van der Waals surface area contributed by atoms with Gasteiger partial charge < -0.3 is 18.6 Å². The molecule has 0 aliphatic heterocycles. The fraction of sp³-hybridized carbons (Fsp3) is 1.00. The van der Waals surface area contributed by atoms with Crippen LogP contribution in [0.15, 0.2) is 0 Å². The number of hydrogen-bond donors (Lipinski definition) is 1. The lowest BCUT2D eigenvalue weighted by molar-refractivity contribution is -0.870. The number of unbranched alkanes of at least 4 members (excludes halogenated alkanes) is 7. The van der Waals surface area contributed by atoms with Gasteiger partial charge in [0.25, 0.3) is 0 Å². The van der Waals surface area contributed by atoms with Crippen molar-refractivity contribution in [2.45, 2.75) is 58.3 Å². The predicted molar refractivity (Wildman–Crippen MR) is 92.1 cm³/mol. The first kappa shape index (κ1) is 22.1. The monoisotopic (exact) mass is 338 g/mol. The summed E-state index contributed by atoms with van der Waals surface area (Å²) in [7, 11) is 2.59. The molecule has 0 fully saturated rings. The average molecular weight is 338 g/mol. The molecule has 0 aromatic carbocycles. The highest BCUT2D eigenvalue weighted by Crippen LogP contribution is 2.41. The molecular formula is C16H37NO4P+. The molecule has 0 amide bonds. The molecule has 1 atom stereocenters. The summed E-state index contributed by atoms with van der Waals surface area (Å²) in [5.74, 6) is 0. The second kappa shape index (κ2) is 12.5. The van der Waals surface area contributed by atoms with Crippen molar-refractivity contribution in [3.8, 4) is 0 Å². The number of likely N-dealkylation sites (N-methyl/N-ethyl adjacent to an activating group) is 1. The lowest BCUT2D eigenvalue weighted by Crippen LogP contribution is -2.37. The first-order valence-electron chi connectivity index (χ1n) is 8.61. The Labute approximate surface area is 137 Å². The Bertz CT molecular complexity index is 305. The molecule has 0 heterocycles. The predicted octanol–water partition coefficient (Wildman–Crippen LogP) is 4.01. The number of ether oxygens (including phenoxy) is 1. The molecule has 0 aromatic heterocycles. The van der Waals surface area contributed by atoms with Gasteiger partial charge in [-0.1, -0.05) is 51.9 Å². The molecule has 1 N–H and O–H groups in total. The molecule has 1 unspecified atom stereocenters. The van der Waals surface area contributed by atoms with Crippen molar-refractivity contribution in [2.24, 2.45) is 0 Å². The van der Waals surface area contributed by atoms with E-state index < -0.39 is 7.60 Å². The molecule has 6 heteroatoms. The first-order valence-corrected chi connectivity index (χ1v) is 10.4. The van der Waals surface area contributed by atoms with Crippen molar-refractivity contribution in [1.82, 2.24) is 0 Å². The van der Waals surface area contributed by atoms with Gasteiger partial charge in [0.15, 0.2) is 0 Å². The minimum absolute atomic E-state index is 0.204. The van der Waals surface area contributed by atoms with Crippen LogP contribution in [0.4, 0.5) is 0 Å². The van der Waals surface area contributed by atoms with Crippen LogP contribution in [0.5, 0.6) is 0 Å².